The molecule has 1 fully saturated rings. The molecule has 6 nitrogen and oxygen atoms in total. The minimum Gasteiger partial charge on any atom is -0.467 e. The van der Waals surface area contributed by atoms with Gasteiger partial charge in [-0.05, 0) is 26.0 Å². The maximum absolute atomic E-state index is 12.9. The van der Waals surface area contributed by atoms with Crippen LogP contribution in [0, 0.1) is 0 Å². The number of carbonyl (C=O) groups excluding carboxylic acids is 1. The number of thiazole rings is 1. The van der Waals surface area contributed by atoms with E-state index in [1.165, 1.54) is 0 Å². The van der Waals surface area contributed by atoms with Crippen LogP contribution < -0.4 is 9.64 Å². The number of para-hydroxylation sites is 1. The Labute approximate surface area is 154 Å². The smallest absolute Gasteiger partial charge is 0.274 e. The molecular weight excluding hydrogens is 348 g/mol. The molecule has 2 aromatic heterocycles. The summed E-state index contributed by atoms with van der Waals surface area (Å²) in [7, 11) is 0. The fourth-order valence-corrected chi connectivity index (χ4v) is 4.56. The number of carbonyl (C=O) groups is 1. The van der Waals surface area contributed by atoms with Crippen LogP contribution in [-0.4, -0.2) is 33.0 Å². The summed E-state index contributed by atoms with van der Waals surface area (Å²) >= 11 is 1.56. The molecule has 0 spiro atoms. The van der Waals surface area contributed by atoms with Gasteiger partial charge in [0.15, 0.2) is 5.82 Å². The van der Waals surface area contributed by atoms with Crippen molar-refractivity contribution in [3.05, 3.63) is 42.4 Å². The zero-order chi connectivity index (χ0) is 17.9. The standard InChI is InChI=1S/C19H18N4O2S/c1-19(2)15-16(21-8-7-20-15)23(17(19)24)11-9-12(10-11)25-18-22-13-5-3-4-6-14(13)26-18/h3-8,11-12H,9-10H2,1-2H3. The first-order valence-corrected chi connectivity index (χ1v) is 9.53. The van der Waals surface area contributed by atoms with E-state index < -0.39 is 5.41 Å². The molecule has 132 valence electrons. The normalized spacial score (nSPS) is 23.8. The highest BCUT2D eigenvalue weighted by atomic mass is 32.1. The molecule has 3 heterocycles. The quantitative estimate of drug-likeness (QED) is 0.711. The molecule has 0 radical (unpaired) electrons. The monoisotopic (exact) mass is 366 g/mol. The largest absolute Gasteiger partial charge is 0.467 e. The topological polar surface area (TPSA) is 68.2 Å². The van der Waals surface area contributed by atoms with Gasteiger partial charge in [-0.2, -0.15) is 0 Å². The van der Waals surface area contributed by atoms with E-state index in [0.29, 0.717) is 11.0 Å². The van der Waals surface area contributed by atoms with Crippen molar-refractivity contribution in [2.45, 2.75) is 44.2 Å². The third kappa shape index (κ3) is 2.23. The lowest BCUT2D eigenvalue weighted by Gasteiger charge is -2.40. The minimum absolute atomic E-state index is 0.0714. The van der Waals surface area contributed by atoms with Gasteiger partial charge in [-0.25, -0.2) is 9.97 Å². The van der Waals surface area contributed by atoms with Crippen LogP contribution in [0.15, 0.2) is 36.7 Å². The van der Waals surface area contributed by atoms with Crippen molar-refractivity contribution >= 4 is 33.3 Å². The summed E-state index contributed by atoms with van der Waals surface area (Å²) in [6, 6.07) is 8.12. The van der Waals surface area contributed by atoms with Crippen LogP contribution in [0.2, 0.25) is 0 Å². The Morgan fingerprint density at radius 2 is 1.96 bits per heavy atom. The number of amides is 1. The average Bonchev–Trinajstić information content (AvgIpc) is 3.09. The van der Waals surface area contributed by atoms with Crippen molar-refractivity contribution in [3.8, 4) is 5.19 Å². The van der Waals surface area contributed by atoms with Crippen molar-refractivity contribution < 1.29 is 9.53 Å². The first-order valence-electron chi connectivity index (χ1n) is 8.71. The summed E-state index contributed by atoms with van der Waals surface area (Å²) in [5.41, 5.74) is 1.10. The first-order chi connectivity index (χ1) is 12.5. The lowest BCUT2D eigenvalue weighted by Crippen LogP contribution is -2.52. The summed E-state index contributed by atoms with van der Waals surface area (Å²) in [6.45, 7) is 3.83. The van der Waals surface area contributed by atoms with Crippen LogP contribution in [0.4, 0.5) is 5.82 Å². The van der Waals surface area contributed by atoms with E-state index in [4.69, 9.17) is 4.74 Å². The highest BCUT2D eigenvalue weighted by Crippen LogP contribution is 2.44. The molecule has 1 aromatic carbocycles. The first kappa shape index (κ1) is 15.7. The Bertz CT molecular complexity index is 976. The van der Waals surface area contributed by atoms with Gasteiger partial charge in [0.25, 0.3) is 5.19 Å². The van der Waals surface area contributed by atoms with Crippen LogP contribution >= 0.6 is 11.3 Å². The molecule has 0 atom stereocenters. The summed E-state index contributed by atoms with van der Waals surface area (Å²) in [6.07, 6.45) is 4.95. The third-order valence-corrected chi connectivity index (χ3v) is 6.16. The zero-order valence-corrected chi connectivity index (χ0v) is 15.4. The molecule has 0 bridgehead atoms. The number of anilines is 1. The molecule has 3 aromatic rings. The van der Waals surface area contributed by atoms with Crippen LogP contribution in [0.25, 0.3) is 10.2 Å². The van der Waals surface area contributed by atoms with Gasteiger partial charge in [0.05, 0.1) is 21.3 Å². The minimum atomic E-state index is -0.622. The molecule has 1 aliphatic carbocycles. The van der Waals surface area contributed by atoms with Crippen molar-refractivity contribution in [1.82, 2.24) is 15.0 Å². The van der Waals surface area contributed by atoms with E-state index >= 15 is 0 Å². The Kier molecular flexibility index (Phi) is 3.31. The van der Waals surface area contributed by atoms with Crippen molar-refractivity contribution in [2.24, 2.45) is 0 Å². The number of benzene rings is 1. The Balaban J connectivity index is 1.32. The molecule has 26 heavy (non-hydrogen) atoms. The number of hydrogen-bond acceptors (Lipinski definition) is 6. The molecule has 0 N–H and O–H groups in total. The number of aromatic nitrogens is 3. The second-order valence-electron chi connectivity index (χ2n) is 7.34. The summed E-state index contributed by atoms with van der Waals surface area (Å²) in [5.74, 6) is 0.771. The number of fused-ring (bicyclic) bond motifs is 2. The molecule has 0 unspecified atom stereocenters. The predicted molar refractivity (Wildman–Crippen MR) is 99.6 cm³/mol. The van der Waals surface area contributed by atoms with E-state index in [1.54, 1.807) is 23.7 Å². The molecular formula is C19H18N4O2S. The zero-order valence-electron chi connectivity index (χ0n) is 14.5. The molecule has 5 rings (SSSR count). The number of ether oxygens (including phenoxy) is 1. The van der Waals surface area contributed by atoms with Crippen LogP contribution in [0.1, 0.15) is 32.4 Å². The Morgan fingerprint density at radius 3 is 2.77 bits per heavy atom. The van der Waals surface area contributed by atoms with Crippen molar-refractivity contribution in [3.63, 3.8) is 0 Å². The molecule has 2 aliphatic rings. The number of nitrogens with zero attached hydrogens (tertiary/aromatic N) is 4. The molecule has 1 aliphatic heterocycles. The average molecular weight is 366 g/mol. The molecule has 0 saturated heterocycles. The van der Waals surface area contributed by atoms with Gasteiger partial charge in [-0.1, -0.05) is 23.5 Å². The van der Waals surface area contributed by atoms with Gasteiger partial charge < -0.3 is 4.74 Å². The maximum Gasteiger partial charge on any atom is 0.274 e. The predicted octanol–water partition coefficient (Wildman–Crippen LogP) is 3.32. The van der Waals surface area contributed by atoms with Gasteiger partial charge in [-0.15, -0.1) is 0 Å². The van der Waals surface area contributed by atoms with Gasteiger partial charge in [0.1, 0.15) is 6.10 Å². The maximum atomic E-state index is 12.9. The van der Waals surface area contributed by atoms with Crippen LogP contribution in [0.3, 0.4) is 0 Å². The lowest BCUT2D eigenvalue weighted by molar-refractivity contribution is -0.123. The van der Waals surface area contributed by atoms with E-state index in [1.807, 2.05) is 43.0 Å². The highest BCUT2D eigenvalue weighted by molar-refractivity contribution is 7.20. The highest BCUT2D eigenvalue weighted by Gasteiger charge is 2.51. The van der Waals surface area contributed by atoms with Gasteiger partial charge in [0, 0.05) is 31.3 Å². The Hall–Kier alpha value is -2.54. The van der Waals surface area contributed by atoms with E-state index in [2.05, 4.69) is 15.0 Å². The fraction of sp³-hybridized carbons (Fsp3) is 0.368. The van der Waals surface area contributed by atoms with Gasteiger partial charge in [-0.3, -0.25) is 14.7 Å². The third-order valence-electron chi connectivity index (χ3n) is 5.23. The number of rotatable bonds is 3. The van der Waals surface area contributed by atoms with E-state index in [9.17, 15) is 4.79 Å². The fourth-order valence-electron chi connectivity index (χ4n) is 3.67. The van der Waals surface area contributed by atoms with Gasteiger partial charge >= 0.3 is 0 Å². The van der Waals surface area contributed by atoms with Crippen molar-refractivity contribution in [1.29, 1.82) is 0 Å². The van der Waals surface area contributed by atoms with Gasteiger partial charge in [0.2, 0.25) is 5.91 Å². The Morgan fingerprint density at radius 1 is 1.19 bits per heavy atom. The van der Waals surface area contributed by atoms with E-state index in [-0.39, 0.29) is 18.1 Å². The molecule has 1 amide bonds. The van der Waals surface area contributed by atoms with Crippen LogP contribution in [0.5, 0.6) is 5.19 Å². The summed E-state index contributed by atoms with van der Waals surface area (Å²) in [5, 5.41) is 0.697. The molecule has 7 heteroatoms. The van der Waals surface area contributed by atoms with Crippen molar-refractivity contribution in [2.75, 3.05) is 4.90 Å². The SMILES string of the molecule is CC1(C)C(=O)N(C2CC(Oc3nc4ccccc4s3)C2)c2nccnc21. The lowest BCUT2D eigenvalue weighted by atomic mass is 9.86. The van der Waals surface area contributed by atoms with Crippen LogP contribution in [-0.2, 0) is 10.2 Å². The second-order valence-corrected chi connectivity index (χ2v) is 8.33. The second kappa shape index (κ2) is 5.48. The molecule has 1 saturated carbocycles. The number of hydrogen-bond donors (Lipinski definition) is 0. The summed E-state index contributed by atoms with van der Waals surface area (Å²) in [4.78, 5) is 28.1. The van der Waals surface area contributed by atoms with E-state index in [0.717, 1.165) is 28.8 Å². The summed E-state index contributed by atoms with van der Waals surface area (Å²) < 4.78 is 7.16.